The first-order chi connectivity index (χ1) is 4.41. The van der Waals surface area contributed by atoms with E-state index >= 15 is 0 Å². The molecule has 0 fully saturated rings. The first kappa shape index (κ1) is 8.04. The molecule has 0 aliphatic carbocycles. The van der Waals surface area contributed by atoms with Gasteiger partial charge in [-0.25, -0.2) is 0 Å². The Hall–Kier alpha value is -0.960. The molecule has 0 nitrogen and oxygen atoms in total. The fourth-order valence-electron chi connectivity index (χ4n) is 0.453. The third-order valence-electron chi connectivity index (χ3n) is 0.895. The SMILES string of the molecule is C#C/C=C\C=C\CCC. The van der Waals surface area contributed by atoms with Gasteiger partial charge in [-0.3, -0.25) is 0 Å². The fourth-order valence-corrected chi connectivity index (χ4v) is 0.453. The molecule has 0 aromatic carbocycles. The van der Waals surface area contributed by atoms with E-state index in [1.165, 1.54) is 6.42 Å². The maximum Gasteiger partial charge on any atom is -0.0122 e. The van der Waals surface area contributed by atoms with Gasteiger partial charge in [-0.05, 0) is 12.5 Å². The summed E-state index contributed by atoms with van der Waals surface area (Å²) in [5.74, 6) is 2.41. The van der Waals surface area contributed by atoms with Gasteiger partial charge in [0.1, 0.15) is 0 Å². The van der Waals surface area contributed by atoms with Crippen molar-refractivity contribution in [3.05, 3.63) is 24.3 Å². The summed E-state index contributed by atoms with van der Waals surface area (Å²) in [7, 11) is 0. The monoisotopic (exact) mass is 120 g/mol. The van der Waals surface area contributed by atoms with Gasteiger partial charge in [0.25, 0.3) is 0 Å². The first-order valence-corrected chi connectivity index (χ1v) is 3.19. The predicted molar refractivity (Wildman–Crippen MR) is 42.0 cm³/mol. The molecule has 0 amide bonds. The van der Waals surface area contributed by atoms with E-state index in [2.05, 4.69) is 18.9 Å². The first-order valence-electron chi connectivity index (χ1n) is 3.19. The second kappa shape index (κ2) is 7.04. The van der Waals surface area contributed by atoms with Crippen LogP contribution in [0.5, 0.6) is 0 Å². The highest BCUT2D eigenvalue weighted by Crippen LogP contribution is 1.87. The summed E-state index contributed by atoms with van der Waals surface area (Å²) < 4.78 is 0. The summed E-state index contributed by atoms with van der Waals surface area (Å²) in [4.78, 5) is 0. The number of terminal acetylenes is 1. The van der Waals surface area contributed by atoms with Crippen molar-refractivity contribution in [2.24, 2.45) is 0 Å². The van der Waals surface area contributed by atoms with Crippen LogP contribution in [0.1, 0.15) is 19.8 Å². The quantitative estimate of drug-likeness (QED) is 0.396. The molecule has 0 aliphatic rings. The van der Waals surface area contributed by atoms with Crippen molar-refractivity contribution in [3.8, 4) is 12.3 Å². The summed E-state index contributed by atoms with van der Waals surface area (Å²) >= 11 is 0. The third-order valence-corrected chi connectivity index (χ3v) is 0.895. The van der Waals surface area contributed by atoms with Crippen LogP contribution in [0.25, 0.3) is 0 Å². The second-order valence-corrected chi connectivity index (χ2v) is 1.74. The molecule has 0 aromatic heterocycles. The van der Waals surface area contributed by atoms with E-state index in [4.69, 9.17) is 6.42 Å². The van der Waals surface area contributed by atoms with Crippen LogP contribution in [0.15, 0.2) is 24.3 Å². The van der Waals surface area contributed by atoms with E-state index < -0.39 is 0 Å². The summed E-state index contributed by atoms with van der Waals surface area (Å²) in [5.41, 5.74) is 0. The molecule has 0 atom stereocenters. The lowest BCUT2D eigenvalue weighted by molar-refractivity contribution is 0.959. The van der Waals surface area contributed by atoms with Crippen molar-refractivity contribution < 1.29 is 0 Å². The molecule has 0 aromatic rings. The highest BCUT2D eigenvalue weighted by Gasteiger charge is 1.67. The van der Waals surface area contributed by atoms with Crippen LogP contribution in [0, 0.1) is 12.3 Å². The minimum Gasteiger partial charge on any atom is -0.115 e. The van der Waals surface area contributed by atoms with Gasteiger partial charge >= 0.3 is 0 Å². The topological polar surface area (TPSA) is 0 Å². The number of allylic oxidation sites excluding steroid dienone is 4. The Balaban J connectivity index is 3.27. The van der Waals surface area contributed by atoms with Crippen LogP contribution in [0.2, 0.25) is 0 Å². The largest absolute Gasteiger partial charge is 0.115 e. The van der Waals surface area contributed by atoms with Crippen LogP contribution in [-0.2, 0) is 0 Å². The van der Waals surface area contributed by atoms with Crippen LogP contribution >= 0.6 is 0 Å². The number of rotatable bonds is 3. The molecule has 0 spiro atoms. The average molecular weight is 120 g/mol. The van der Waals surface area contributed by atoms with Crippen molar-refractivity contribution in [3.63, 3.8) is 0 Å². The van der Waals surface area contributed by atoms with Gasteiger partial charge in [-0.2, -0.15) is 0 Å². The third kappa shape index (κ3) is 7.04. The molecule has 9 heavy (non-hydrogen) atoms. The molecular weight excluding hydrogens is 108 g/mol. The Labute approximate surface area is 57.3 Å². The molecular formula is C9H12. The Morgan fingerprint density at radius 2 is 2.22 bits per heavy atom. The fraction of sp³-hybridized carbons (Fsp3) is 0.333. The number of hydrogen-bond donors (Lipinski definition) is 0. The van der Waals surface area contributed by atoms with Gasteiger partial charge < -0.3 is 0 Å². The van der Waals surface area contributed by atoms with Gasteiger partial charge in [0, 0.05) is 0 Å². The normalized spacial score (nSPS) is 10.7. The molecule has 0 saturated carbocycles. The van der Waals surface area contributed by atoms with Gasteiger partial charge in [0.05, 0.1) is 0 Å². The molecule has 0 rings (SSSR count). The van der Waals surface area contributed by atoms with E-state index in [0.717, 1.165) is 6.42 Å². The maximum atomic E-state index is 4.97. The molecule has 48 valence electrons. The second-order valence-electron chi connectivity index (χ2n) is 1.74. The Bertz CT molecular complexity index is 133. The molecule has 0 unspecified atom stereocenters. The van der Waals surface area contributed by atoms with Gasteiger partial charge in [0.15, 0.2) is 0 Å². The zero-order valence-corrected chi connectivity index (χ0v) is 5.80. The van der Waals surface area contributed by atoms with Crippen LogP contribution in [-0.4, -0.2) is 0 Å². The Morgan fingerprint density at radius 1 is 1.44 bits per heavy atom. The van der Waals surface area contributed by atoms with Gasteiger partial charge in [-0.1, -0.05) is 37.5 Å². The lowest BCUT2D eigenvalue weighted by Gasteiger charge is -1.78. The van der Waals surface area contributed by atoms with Crippen molar-refractivity contribution in [1.82, 2.24) is 0 Å². The molecule has 0 bridgehead atoms. The average Bonchev–Trinajstić information content (AvgIpc) is 1.89. The van der Waals surface area contributed by atoms with Crippen molar-refractivity contribution in [2.75, 3.05) is 0 Å². The smallest absolute Gasteiger partial charge is 0.0122 e. The lowest BCUT2D eigenvalue weighted by Crippen LogP contribution is -1.58. The van der Waals surface area contributed by atoms with E-state index in [1.807, 2.05) is 12.2 Å². The zero-order chi connectivity index (χ0) is 6.95. The standard InChI is InChI=1S/C9H12/c1-3-5-7-9-8-6-4-2/h1,5,7-9H,4,6H2,2H3/b7-5-,9-8+. The predicted octanol–water partition coefficient (Wildman–Crippen LogP) is 2.53. The maximum absolute atomic E-state index is 4.97. The minimum absolute atomic E-state index is 1.13. The number of unbranched alkanes of at least 4 members (excludes halogenated alkanes) is 1. The summed E-state index contributed by atoms with van der Waals surface area (Å²) in [6, 6.07) is 0. The Morgan fingerprint density at radius 3 is 2.78 bits per heavy atom. The van der Waals surface area contributed by atoms with Crippen molar-refractivity contribution in [1.29, 1.82) is 0 Å². The summed E-state index contributed by atoms with van der Waals surface area (Å²) in [6.07, 6.45) is 14.9. The minimum atomic E-state index is 1.13. The lowest BCUT2D eigenvalue weighted by atomic mass is 10.3. The molecule has 0 heterocycles. The van der Waals surface area contributed by atoms with E-state index in [-0.39, 0.29) is 0 Å². The summed E-state index contributed by atoms with van der Waals surface area (Å²) in [6.45, 7) is 2.15. The van der Waals surface area contributed by atoms with Crippen LogP contribution < -0.4 is 0 Å². The summed E-state index contributed by atoms with van der Waals surface area (Å²) in [5, 5.41) is 0. The molecule has 0 saturated heterocycles. The van der Waals surface area contributed by atoms with E-state index in [0.29, 0.717) is 0 Å². The number of hydrogen-bond acceptors (Lipinski definition) is 0. The molecule has 0 heteroatoms. The Kier molecular flexibility index (Phi) is 6.29. The highest BCUT2D eigenvalue weighted by atomic mass is 13.7. The molecule has 0 aliphatic heterocycles. The van der Waals surface area contributed by atoms with Gasteiger partial charge in [0.2, 0.25) is 0 Å². The molecule has 0 radical (unpaired) electrons. The van der Waals surface area contributed by atoms with Gasteiger partial charge in [-0.15, -0.1) is 6.42 Å². The van der Waals surface area contributed by atoms with Crippen LogP contribution in [0.3, 0.4) is 0 Å². The van der Waals surface area contributed by atoms with Crippen LogP contribution in [0.4, 0.5) is 0 Å². The zero-order valence-electron chi connectivity index (χ0n) is 5.80. The highest BCUT2D eigenvalue weighted by molar-refractivity contribution is 5.15. The van der Waals surface area contributed by atoms with Crippen molar-refractivity contribution in [2.45, 2.75) is 19.8 Å². The van der Waals surface area contributed by atoms with Crippen molar-refractivity contribution >= 4 is 0 Å². The van der Waals surface area contributed by atoms with E-state index in [9.17, 15) is 0 Å². The van der Waals surface area contributed by atoms with E-state index in [1.54, 1.807) is 6.08 Å². The molecule has 0 N–H and O–H groups in total.